The molecule has 2 heterocycles. The first-order valence-corrected chi connectivity index (χ1v) is 6.91. The van der Waals surface area contributed by atoms with Gasteiger partial charge in [-0.1, -0.05) is 25.4 Å². The fraction of sp³-hybridized carbons (Fsp3) is 0.429. The van der Waals surface area contributed by atoms with Crippen molar-refractivity contribution < 1.29 is 13.2 Å². The predicted molar refractivity (Wildman–Crippen MR) is 74.9 cm³/mol. The van der Waals surface area contributed by atoms with Gasteiger partial charge in [-0.05, 0) is 24.5 Å². The standard InChI is InChI=1S/C14H15ClF3N3/c1-9(2)5-6-21-8-10(7-19-21)11-3-4-12(14(16,17)18)20-13(11)15/h3-4,7-9H,5-6H2,1-2H3. The molecule has 0 unspecified atom stereocenters. The van der Waals surface area contributed by atoms with Gasteiger partial charge in [0.25, 0.3) is 0 Å². The van der Waals surface area contributed by atoms with E-state index in [0.717, 1.165) is 19.0 Å². The Hall–Kier alpha value is -1.56. The Morgan fingerprint density at radius 1 is 1.29 bits per heavy atom. The lowest BCUT2D eigenvalue weighted by Gasteiger charge is -2.07. The topological polar surface area (TPSA) is 30.7 Å². The number of nitrogens with zero attached hydrogens (tertiary/aromatic N) is 3. The van der Waals surface area contributed by atoms with Crippen molar-refractivity contribution in [3.63, 3.8) is 0 Å². The highest BCUT2D eigenvalue weighted by atomic mass is 35.5. The average Bonchev–Trinajstić information content (AvgIpc) is 2.83. The van der Waals surface area contributed by atoms with Gasteiger partial charge in [0.05, 0.1) is 6.20 Å². The van der Waals surface area contributed by atoms with Crippen molar-refractivity contribution in [3.8, 4) is 11.1 Å². The third kappa shape index (κ3) is 3.97. The second kappa shape index (κ2) is 6.05. The minimum Gasteiger partial charge on any atom is -0.272 e. The zero-order chi connectivity index (χ0) is 15.6. The number of aryl methyl sites for hydroxylation is 1. The van der Waals surface area contributed by atoms with E-state index in [0.29, 0.717) is 17.0 Å². The van der Waals surface area contributed by atoms with Crippen molar-refractivity contribution in [2.45, 2.75) is 33.0 Å². The van der Waals surface area contributed by atoms with Crippen LogP contribution in [-0.4, -0.2) is 14.8 Å². The van der Waals surface area contributed by atoms with Gasteiger partial charge < -0.3 is 0 Å². The number of pyridine rings is 1. The molecule has 0 spiro atoms. The summed E-state index contributed by atoms with van der Waals surface area (Å²) < 4.78 is 39.4. The maximum Gasteiger partial charge on any atom is 0.433 e. The van der Waals surface area contributed by atoms with E-state index < -0.39 is 11.9 Å². The molecule has 3 nitrogen and oxygen atoms in total. The Kier molecular flexibility index (Phi) is 4.56. The van der Waals surface area contributed by atoms with Crippen LogP contribution in [0.4, 0.5) is 13.2 Å². The third-order valence-electron chi connectivity index (χ3n) is 3.02. The Bertz CT molecular complexity index is 620. The SMILES string of the molecule is CC(C)CCn1cc(-c2ccc(C(F)(F)F)nc2Cl)cn1. The average molecular weight is 318 g/mol. The Labute approximate surface area is 125 Å². The molecule has 0 aliphatic heterocycles. The summed E-state index contributed by atoms with van der Waals surface area (Å²) in [7, 11) is 0. The first kappa shape index (κ1) is 15.8. The summed E-state index contributed by atoms with van der Waals surface area (Å²) in [5, 5.41) is 4.01. The fourth-order valence-corrected chi connectivity index (χ4v) is 2.09. The van der Waals surface area contributed by atoms with Gasteiger partial charge in [-0.2, -0.15) is 18.3 Å². The monoisotopic (exact) mass is 317 g/mol. The largest absolute Gasteiger partial charge is 0.433 e. The minimum absolute atomic E-state index is 0.173. The first-order valence-electron chi connectivity index (χ1n) is 6.54. The summed E-state index contributed by atoms with van der Waals surface area (Å²) in [4.78, 5) is 3.41. The molecular formula is C14H15ClF3N3. The van der Waals surface area contributed by atoms with Crippen molar-refractivity contribution in [1.82, 2.24) is 14.8 Å². The highest BCUT2D eigenvalue weighted by molar-refractivity contribution is 6.32. The molecule has 0 atom stereocenters. The quantitative estimate of drug-likeness (QED) is 0.768. The predicted octanol–water partition coefficient (Wildman–Crippen LogP) is 4.66. The van der Waals surface area contributed by atoms with Gasteiger partial charge in [0, 0.05) is 23.9 Å². The van der Waals surface area contributed by atoms with Gasteiger partial charge >= 0.3 is 6.18 Å². The van der Waals surface area contributed by atoms with Crippen LogP contribution in [0.5, 0.6) is 0 Å². The van der Waals surface area contributed by atoms with Crippen molar-refractivity contribution in [2.75, 3.05) is 0 Å². The molecule has 0 aliphatic carbocycles. The summed E-state index contributed by atoms with van der Waals surface area (Å²) >= 11 is 5.86. The van der Waals surface area contributed by atoms with Gasteiger partial charge in [-0.3, -0.25) is 4.68 Å². The molecule has 0 saturated heterocycles. The molecule has 0 saturated carbocycles. The molecule has 2 aromatic heterocycles. The second-order valence-electron chi connectivity index (χ2n) is 5.21. The van der Waals surface area contributed by atoms with E-state index >= 15 is 0 Å². The molecule has 7 heteroatoms. The summed E-state index contributed by atoms with van der Waals surface area (Å²) in [6, 6.07) is 2.24. The summed E-state index contributed by atoms with van der Waals surface area (Å²) in [5.74, 6) is 0.550. The van der Waals surface area contributed by atoms with E-state index in [1.807, 2.05) is 0 Å². The molecule has 0 aromatic carbocycles. The van der Waals surface area contributed by atoms with Crippen LogP contribution in [0.15, 0.2) is 24.5 Å². The highest BCUT2D eigenvalue weighted by Crippen LogP contribution is 2.32. The van der Waals surface area contributed by atoms with Crippen LogP contribution in [0.3, 0.4) is 0 Å². The summed E-state index contributed by atoms with van der Waals surface area (Å²) in [5.41, 5.74) is 0.105. The van der Waals surface area contributed by atoms with E-state index in [9.17, 15) is 13.2 Å². The molecule has 0 fully saturated rings. The zero-order valence-electron chi connectivity index (χ0n) is 11.7. The van der Waals surface area contributed by atoms with E-state index in [2.05, 4.69) is 23.9 Å². The van der Waals surface area contributed by atoms with Gasteiger partial charge in [0.15, 0.2) is 0 Å². The molecule has 21 heavy (non-hydrogen) atoms. The van der Waals surface area contributed by atoms with Crippen molar-refractivity contribution in [2.24, 2.45) is 5.92 Å². The van der Waals surface area contributed by atoms with Crippen LogP contribution < -0.4 is 0 Å². The van der Waals surface area contributed by atoms with Crippen LogP contribution in [-0.2, 0) is 12.7 Å². The first-order chi connectivity index (χ1) is 9.77. The molecule has 2 aromatic rings. The second-order valence-corrected chi connectivity index (χ2v) is 5.57. The maximum atomic E-state index is 12.5. The van der Waals surface area contributed by atoms with Gasteiger partial charge in [0.2, 0.25) is 0 Å². The number of hydrogen-bond acceptors (Lipinski definition) is 2. The Balaban J connectivity index is 2.23. The number of alkyl halides is 3. The normalized spacial score (nSPS) is 12.1. The van der Waals surface area contributed by atoms with Gasteiger partial charge in [-0.15, -0.1) is 0 Å². The summed E-state index contributed by atoms with van der Waals surface area (Å²) in [6.07, 6.45) is -0.182. The molecule has 114 valence electrons. The lowest BCUT2D eigenvalue weighted by molar-refractivity contribution is -0.141. The van der Waals surface area contributed by atoms with Gasteiger partial charge in [0.1, 0.15) is 10.8 Å². The lowest BCUT2D eigenvalue weighted by atomic mass is 10.1. The van der Waals surface area contributed by atoms with E-state index in [4.69, 9.17) is 11.6 Å². The minimum atomic E-state index is -4.50. The molecule has 0 aliphatic rings. The third-order valence-corrected chi connectivity index (χ3v) is 3.31. The number of rotatable bonds is 4. The van der Waals surface area contributed by atoms with E-state index in [1.54, 1.807) is 17.1 Å². The molecular weight excluding hydrogens is 303 g/mol. The fourth-order valence-electron chi connectivity index (χ4n) is 1.82. The number of halogens is 4. The number of aromatic nitrogens is 3. The number of hydrogen-bond donors (Lipinski definition) is 0. The van der Waals surface area contributed by atoms with Crippen LogP contribution in [0.25, 0.3) is 11.1 Å². The Morgan fingerprint density at radius 3 is 2.57 bits per heavy atom. The lowest BCUT2D eigenvalue weighted by Crippen LogP contribution is -2.07. The van der Waals surface area contributed by atoms with E-state index in [-0.39, 0.29) is 5.15 Å². The van der Waals surface area contributed by atoms with Crippen LogP contribution in [0.1, 0.15) is 26.0 Å². The maximum absolute atomic E-state index is 12.5. The Morgan fingerprint density at radius 2 is 2.00 bits per heavy atom. The molecule has 2 rings (SSSR count). The van der Waals surface area contributed by atoms with Gasteiger partial charge in [-0.25, -0.2) is 4.98 Å². The summed E-state index contributed by atoms with van der Waals surface area (Å²) in [6.45, 7) is 4.98. The van der Waals surface area contributed by atoms with E-state index in [1.165, 1.54) is 6.07 Å². The molecule has 0 N–H and O–H groups in total. The molecule has 0 bridgehead atoms. The molecule has 0 radical (unpaired) electrons. The van der Waals surface area contributed by atoms with Crippen molar-refractivity contribution in [3.05, 3.63) is 35.4 Å². The smallest absolute Gasteiger partial charge is 0.272 e. The van der Waals surface area contributed by atoms with Crippen LogP contribution >= 0.6 is 11.6 Å². The van der Waals surface area contributed by atoms with Crippen LogP contribution in [0, 0.1) is 5.92 Å². The van der Waals surface area contributed by atoms with Crippen LogP contribution in [0.2, 0.25) is 5.15 Å². The zero-order valence-corrected chi connectivity index (χ0v) is 12.4. The molecule has 0 amide bonds. The van der Waals surface area contributed by atoms with Crippen molar-refractivity contribution in [1.29, 1.82) is 0 Å². The highest BCUT2D eigenvalue weighted by Gasteiger charge is 2.33. The van der Waals surface area contributed by atoms with Crippen molar-refractivity contribution >= 4 is 11.6 Å².